The Morgan fingerprint density at radius 2 is 2.12 bits per heavy atom. The average molecular weight is 333 g/mol. The first kappa shape index (κ1) is 15.4. The number of nitrogens with zero attached hydrogens (tertiary/aromatic N) is 2. The Balaban J connectivity index is 1.57. The maximum Gasteiger partial charge on any atom is 0.248 e. The smallest absolute Gasteiger partial charge is 0.248 e. The molecule has 4 nitrogen and oxygen atoms in total. The van der Waals surface area contributed by atoms with Crippen LogP contribution in [0.5, 0.6) is 0 Å². The zero-order valence-electron chi connectivity index (χ0n) is 13.5. The predicted molar refractivity (Wildman–Crippen MR) is 96.4 cm³/mol. The number of aromatic nitrogens is 2. The van der Waals surface area contributed by atoms with Gasteiger partial charge in [-0.05, 0) is 42.3 Å². The summed E-state index contributed by atoms with van der Waals surface area (Å²) in [4.78, 5) is 20.2. The molecule has 124 valence electrons. The Morgan fingerprint density at radius 3 is 2.96 bits per heavy atom. The molecule has 1 aliphatic heterocycles. The molecule has 1 saturated heterocycles. The fourth-order valence-corrected chi connectivity index (χ4v) is 3.05. The van der Waals surface area contributed by atoms with Crippen molar-refractivity contribution in [2.24, 2.45) is 0 Å². The third kappa shape index (κ3) is 3.24. The lowest BCUT2D eigenvalue weighted by atomic mass is 10.1. The molecule has 3 heterocycles. The van der Waals surface area contributed by atoms with Crippen molar-refractivity contribution in [3.8, 4) is 11.8 Å². The van der Waals surface area contributed by atoms with Crippen molar-refractivity contribution >= 4 is 16.6 Å². The van der Waals surface area contributed by atoms with Gasteiger partial charge in [-0.1, -0.05) is 12.0 Å². The van der Waals surface area contributed by atoms with Gasteiger partial charge in [0.25, 0.3) is 0 Å². The monoisotopic (exact) mass is 333 g/mol. The molecule has 1 atom stereocenters. The van der Waals surface area contributed by atoms with Crippen molar-refractivity contribution in [3.05, 3.63) is 70.8 Å². The van der Waals surface area contributed by atoms with Crippen molar-refractivity contribution in [2.45, 2.75) is 12.1 Å². The van der Waals surface area contributed by atoms with Gasteiger partial charge in [0.05, 0.1) is 6.54 Å². The van der Waals surface area contributed by atoms with Crippen molar-refractivity contribution < 1.29 is 4.39 Å². The van der Waals surface area contributed by atoms with Crippen molar-refractivity contribution in [2.75, 3.05) is 18.0 Å². The van der Waals surface area contributed by atoms with E-state index in [0.717, 1.165) is 16.6 Å². The van der Waals surface area contributed by atoms with Gasteiger partial charge < -0.3 is 9.88 Å². The van der Waals surface area contributed by atoms with Crippen LogP contribution in [0.2, 0.25) is 0 Å². The Morgan fingerprint density at radius 1 is 1.20 bits per heavy atom. The summed E-state index contributed by atoms with van der Waals surface area (Å²) in [5.41, 5.74) is 0.606. The van der Waals surface area contributed by atoms with Gasteiger partial charge in [0.2, 0.25) is 5.56 Å². The van der Waals surface area contributed by atoms with Crippen LogP contribution in [0.15, 0.2) is 59.5 Å². The number of anilines is 1. The number of benzene rings is 1. The van der Waals surface area contributed by atoms with Crippen molar-refractivity contribution in [3.63, 3.8) is 0 Å². The fraction of sp³-hybridized carbons (Fsp3) is 0.200. The highest BCUT2D eigenvalue weighted by Crippen LogP contribution is 2.30. The molecule has 2 aromatic heterocycles. The van der Waals surface area contributed by atoms with Crippen LogP contribution in [-0.2, 0) is 0 Å². The van der Waals surface area contributed by atoms with Gasteiger partial charge in [-0.25, -0.2) is 9.37 Å². The summed E-state index contributed by atoms with van der Waals surface area (Å²) in [6.07, 6.45) is 2.01. The number of alkyl halides is 1. The summed E-state index contributed by atoms with van der Waals surface area (Å²) in [5, 5.41) is 0.924. The van der Waals surface area contributed by atoms with E-state index in [1.165, 1.54) is 6.07 Å². The molecule has 1 fully saturated rings. The van der Waals surface area contributed by atoms with Crippen molar-refractivity contribution in [1.29, 1.82) is 0 Å². The molecule has 0 spiro atoms. The highest BCUT2D eigenvalue weighted by atomic mass is 19.1. The zero-order chi connectivity index (χ0) is 17.3. The topological polar surface area (TPSA) is 49.0 Å². The number of pyridine rings is 2. The summed E-state index contributed by atoms with van der Waals surface area (Å²) in [5.74, 6) is 5.58. The number of H-pyrrole nitrogens is 1. The number of fused-ring (bicyclic) bond motifs is 1. The van der Waals surface area contributed by atoms with E-state index in [-0.39, 0.29) is 12.1 Å². The van der Waals surface area contributed by atoms with E-state index in [4.69, 9.17) is 0 Å². The van der Waals surface area contributed by atoms with Crippen molar-refractivity contribution in [1.82, 2.24) is 9.97 Å². The molecular weight excluding hydrogens is 317 g/mol. The van der Waals surface area contributed by atoms with Crippen LogP contribution in [-0.4, -0.2) is 28.7 Å². The van der Waals surface area contributed by atoms with E-state index in [0.29, 0.717) is 18.7 Å². The normalized spacial score (nSPS) is 19.6. The third-order valence-electron chi connectivity index (χ3n) is 4.37. The second-order valence-electron chi connectivity index (χ2n) is 6.20. The Kier molecular flexibility index (Phi) is 3.73. The first-order valence-electron chi connectivity index (χ1n) is 8.13. The quantitative estimate of drug-likeness (QED) is 0.697. The first-order chi connectivity index (χ1) is 12.1. The minimum Gasteiger partial charge on any atom is -0.367 e. The molecule has 4 rings (SSSR count). The molecule has 1 aliphatic rings. The van der Waals surface area contributed by atoms with Crippen LogP contribution in [0.1, 0.15) is 12.1 Å². The number of hydrogen-bond acceptors (Lipinski definition) is 3. The van der Waals surface area contributed by atoms with E-state index in [1.807, 2.05) is 29.2 Å². The van der Waals surface area contributed by atoms with Crippen LogP contribution in [0, 0.1) is 11.8 Å². The molecule has 1 aromatic carbocycles. The minimum atomic E-state index is -1.54. The van der Waals surface area contributed by atoms with E-state index in [9.17, 15) is 4.79 Å². The van der Waals surface area contributed by atoms with Crippen LogP contribution in [0.4, 0.5) is 10.1 Å². The summed E-state index contributed by atoms with van der Waals surface area (Å²) in [7, 11) is 0. The van der Waals surface area contributed by atoms with E-state index < -0.39 is 5.67 Å². The van der Waals surface area contributed by atoms with Crippen LogP contribution in [0.25, 0.3) is 10.9 Å². The molecule has 25 heavy (non-hydrogen) atoms. The zero-order valence-corrected chi connectivity index (χ0v) is 13.5. The summed E-state index contributed by atoms with van der Waals surface area (Å²) < 4.78 is 15.0. The van der Waals surface area contributed by atoms with Crippen LogP contribution >= 0.6 is 0 Å². The molecule has 1 unspecified atom stereocenters. The van der Waals surface area contributed by atoms with Gasteiger partial charge in [-0.3, -0.25) is 4.79 Å². The largest absolute Gasteiger partial charge is 0.367 e. The SMILES string of the molecule is O=c1ccc2cc(N3CCC(F)(C#Cc4ccccn4)C3)ccc2[nH]1. The Hall–Kier alpha value is -3.13. The molecule has 0 aliphatic carbocycles. The third-order valence-corrected chi connectivity index (χ3v) is 4.37. The van der Waals surface area contributed by atoms with Gasteiger partial charge in [-0.2, -0.15) is 0 Å². The molecule has 0 radical (unpaired) electrons. The molecule has 0 bridgehead atoms. The van der Waals surface area contributed by atoms with E-state index in [1.54, 1.807) is 24.4 Å². The average Bonchev–Trinajstić information content (AvgIpc) is 3.03. The molecular formula is C20H16FN3O. The van der Waals surface area contributed by atoms with Crippen LogP contribution < -0.4 is 10.5 Å². The summed E-state index contributed by atoms with van der Waals surface area (Å²) in [6, 6.07) is 14.4. The van der Waals surface area contributed by atoms with Gasteiger partial charge >= 0.3 is 0 Å². The van der Waals surface area contributed by atoms with Gasteiger partial charge in [0.15, 0.2) is 5.67 Å². The highest BCUT2D eigenvalue weighted by Gasteiger charge is 2.37. The fourth-order valence-electron chi connectivity index (χ4n) is 3.05. The predicted octanol–water partition coefficient (Wildman–Crippen LogP) is 2.89. The molecule has 5 heteroatoms. The first-order valence-corrected chi connectivity index (χ1v) is 8.13. The molecule has 1 N–H and O–H groups in total. The number of halogens is 1. The minimum absolute atomic E-state index is 0.131. The number of aromatic amines is 1. The standard InChI is InChI=1S/C20H16FN3O/c21-20(9-8-16-3-1-2-11-22-16)10-12-24(14-20)17-5-6-18-15(13-17)4-7-19(25)23-18/h1-7,11,13H,10,12,14H2,(H,23,25). The Bertz CT molecular complexity index is 1040. The van der Waals surface area contributed by atoms with Gasteiger partial charge in [-0.15, -0.1) is 0 Å². The maximum absolute atomic E-state index is 15.0. The van der Waals surface area contributed by atoms with Gasteiger partial charge in [0.1, 0.15) is 5.69 Å². The molecule has 0 amide bonds. The van der Waals surface area contributed by atoms with Gasteiger partial charge in [0, 0.05) is 41.8 Å². The molecule has 3 aromatic rings. The van der Waals surface area contributed by atoms with E-state index >= 15 is 4.39 Å². The number of nitrogens with one attached hydrogen (secondary N) is 1. The second kappa shape index (κ2) is 6.06. The highest BCUT2D eigenvalue weighted by molar-refractivity contribution is 5.82. The summed E-state index contributed by atoms with van der Waals surface area (Å²) in [6.45, 7) is 0.823. The molecule has 0 saturated carbocycles. The van der Waals surface area contributed by atoms with Crippen LogP contribution in [0.3, 0.4) is 0 Å². The van der Waals surface area contributed by atoms with E-state index in [2.05, 4.69) is 21.8 Å². The lowest BCUT2D eigenvalue weighted by Gasteiger charge is -2.19. The second-order valence-corrected chi connectivity index (χ2v) is 6.20. The summed E-state index contributed by atoms with van der Waals surface area (Å²) >= 11 is 0. The lowest BCUT2D eigenvalue weighted by molar-refractivity contribution is 0.274. The maximum atomic E-state index is 15.0. The number of hydrogen-bond donors (Lipinski definition) is 1. The number of rotatable bonds is 1. The lowest BCUT2D eigenvalue weighted by Crippen LogP contribution is -2.27. The Labute approximate surface area is 144 Å².